The monoisotopic (exact) mass is 308 g/mol. The molecule has 0 aliphatic carbocycles. The summed E-state index contributed by atoms with van der Waals surface area (Å²) in [6.07, 6.45) is 0. The fourth-order valence-electron chi connectivity index (χ4n) is 3.43. The fraction of sp³-hybridized carbons (Fsp3) is 0.600. The lowest BCUT2D eigenvalue weighted by atomic mass is 9.95. The molecule has 3 rings (SSSR count). The molecule has 2 aliphatic rings. The summed E-state index contributed by atoms with van der Waals surface area (Å²) in [4.78, 5) is 2.65. The van der Waals surface area contributed by atoms with Crippen LogP contribution in [0.1, 0.15) is 18.1 Å². The summed E-state index contributed by atoms with van der Waals surface area (Å²) in [5.41, 5.74) is 2.74. The summed E-state index contributed by atoms with van der Waals surface area (Å²) in [5.74, 6) is 1.73. The van der Waals surface area contributed by atoms with Crippen molar-refractivity contribution in [2.45, 2.75) is 26.4 Å². The van der Waals surface area contributed by atoms with Crippen molar-refractivity contribution in [3.8, 4) is 0 Å². The largest absolute Gasteiger partial charge is 0.316 e. The maximum absolute atomic E-state index is 3.63. The lowest BCUT2D eigenvalue weighted by molar-refractivity contribution is 0.231. The zero-order valence-electron chi connectivity index (χ0n) is 11.1. The van der Waals surface area contributed by atoms with Crippen LogP contribution in [0.15, 0.2) is 22.7 Å². The summed E-state index contributed by atoms with van der Waals surface area (Å²) in [6, 6.07) is 7.46. The van der Waals surface area contributed by atoms with Gasteiger partial charge < -0.3 is 5.32 Å². The first-order valence-electron chi connectivity index (χ1n) is 6.85. The third kappa shape index (κ3) is 2.24. The number of aryl methyl sites for hydroxylation is 1. The summed E-state index contributed by atoms with van der Waals surface area (Å²) >= 11 is 3.63. The second kappa shape index (κ2) is 4.95. The molecule has 0 bridgehead atoms. The van der Waals surface area contributed by atoms with Gasteiger partial charge >= 0.3 is 0 Å². The Bertz CT molecular complexity index is 446. The Kier molecular flexibility index (Phi) is 3.48. The highest BCUT2D eigenvalue weighted by Gasteiger charge is 2.41. The number of nitrogens with one attached hydrogen (secondary N) is 1. The second-order valence-electron chi connectivity index (χ2n) is 5.84. The molecule has 1 aromatic carbocycles. The Morgan fingerprint density at radius 1 is 1.39 bits per heavy atom. The molecule has 3 atom stereocenters. The lowest BCUT2D eigenvalue weighted by Crippen LogP contribution is -2.32. The van der Waals surface area contributed by atoms with Crippen molar-refractivity contribution in [1.82, 2.24) is 10.2 Å². The molecule has 0 saturated carbocycles. The van der Waals surface area contributed by atoms with Crippen LogP contribution < -0.4 is 5.32 Å². The Balaban J connectivity index is 1.71. The molecular formula is C15H21BrN2. The number of halogens is 1. The highest BCUT2D eigenvalue weighted by Crippen LogP contribution is 2.33. The van der Waals surface area contributed by atoms with Crippen LogP contribution in [0.4, 0.5) is 0 Å². The number of benzene rings is 1. The summed E-state index contributed by atoms with van der Waals surface area (Å²) in [5, 5.41) is 3.52. The van der Waals surface area contributed by atoms with E-state index in [1.807, 2.05) is 0 Å². The number of likely N-dealkylation sites (tertiary alicyclic amines) is 1. The van der Waals surface area contributed by atoms with Gasteiger partial charge in [0.05, 0.1) is 0 Å². The molecule has 2 heterocycles. The zero-order chi connectivity index (χ0) is 12.7. The van der Waals surface area contributed by atoms with E-state index in [-0.39, 0.29) is 0 Å². The Labute approximate surface area is 118 Å². The molecule has 18 heavy (non-hydrogen) atoms. The maximum atomic E-state index is 3.63. The summed E-state index contributed by atoms with van der Waals surface area (Å²) < 4.78 is 1.23. The van der Waals surface area contributed by atoms with Crippen molar-refractivity contribution in [1.29, 1.82) is 0 Å². The minimum Gasteiger partial charge on any atom is -0.316 e. The van der Waals surface area contributed by atoms with E-state index in [9.17, 15) is 0 Å². The van der Waals surface area contributed by atoms with Gasteiger partial charge in [0, 0.05) is 23.6 Å². The van der Waals surface area contributed by atoms with Gasteiger partial charge in [-0.1, -0.05) is 28.1 Å². The second-order valence-corrected chi connectivity index (χ2v) is 6.69. The molecule has 1 N–H and O–H groups in total. The Morgan fingerprint density at radius 3 is 2.94 bits per heavy atom. The van der Waals surface area contributed by atoms with Crippen molar-refractivity contribution in [3.63, 3.8) is 0 Å². The normalized spacial score (nSPS) is 31.8. The van der Waals surface area contributed by atoms with Crippen LogP contribution in [-0.2, 0) is 6.54 Å². The molecule has 3 heteroatoms. The predicted octanol–water partition coefficient (Wildman–Crippen LogP) is 2.80. The SMILES string of the molecule is Cc1ccc(CN2CC3CNCC3C2C)cc1Br. The third-order valence-corrected chi connectivity index (χ3v) is 5.53. The average molecular weight is 309 g/mol. The van der Waals surface area contributed by atoms with E-state index in [1.54, 1.807) is 0 Å². The smallest absolute Gasteiger partial charge is 0.0237 e. The van der Waals surface area contributed by atoms with Gasteiger partial charge in [0.15, 0.2) is 0 Å². The van der Waals surface area contributed by atoms with E-state index in [2.05, 4.69) is 58.2 Å². The number of nitrogens with zero attached hydrogens (tertiary/aromatic N) is 1. The van der Waals surface area contributed by atoms with Crippen LogP contribution in [0.25, 0.3) is 0 Å². The van der Waals surface area contributed by atoms with Gasteiger partial charge in [0.2, 0.25) is 0 Å². The Hall–Kier alpha value is -0.380. The predicted molar refractivity (Wildman–Crippen MR) is 78.6 cm³/mol. The molecule has 2 saturated heterocycles. The first-order valence-corrected chi connectivity index (χ1v) is 7.64. The van der Waals surface area contributed by atoms with E-state index in [1.165, 1.54) is 35.2 Å². The van der Waals surface area contributed by atoms with Crippen molar-refractivity contribution in [2.24, 2.45) is 11.8 Å². The van der Waals surface area contributed by atoms with Gasteiger partial charge in [-0.3, -0.25) is 4.90 Å². The van der Waals surface area contributed by atoms with Crippen LogP contribution >= 0.6 is 15.9 Å². The van der Waals surface area contributed by atoms with Crippen LogP contribution in [0.3, 0.4) is 0 Å². The molecule has 2 fully saturated rings. The topological polar surface area (TPSA) is 15.3 Å². The van der Waals surface area contributed by atoms with Gasteiger partial charge in [-0.25, -0.2) is 0 Å². The van der Waals surface area contributed by atoms with Crippen LogP contribution in [-0.4, -0.2) is 30.6 Å². The standard InChI is InChI=1S/C15H21BrN2/c1-10-3-4-12(5-15(10)16)8-18-9-13-6-17-7-14(13)11(18)2/h3-5,11,13-14,17H,6-9H2,1-2H3. The average Bonchev–Trinajstić information content (AvgIpc) is 2.89. The Morgan fingerprint density at radius 2 is 2.22 bits per heavy atom. The molecule has 0 amide bonds. The van der Waals surface area contributed by atoms with E-state index in [0.717, 1.165) is 18.4 Å². The molecule has 0 spiro atoms. The number of hydrogen-bond donors (Lipinski definition) is 1. The zero-order valence-corrected chi connectivity index (χ0v) is 12.7. The minimum absolute atomic E-state index is 0.713. The quantitative estimate of drug-likeness (QED) is 0.904. The molecule has 2 nitrogen and oxygen atoms in total. The summed E-state index contributed by atoms with van der Waals surface area (Å²) in [7, 11) is 0. The number of rotatable bonds is 2. The van der Waals surface area contributed by atoms with E-state index in [4.69, 9.17) is 0 Å². The fourth-order valence-corrected chi connectivity index (χ4v) is 3.86. The van der Waals surface area contributed by atoms with E-state index < -0.39 is 0 Å². The van der Waals surface area contributed by atoms with Crippen molar-refractivity contribution >= 4 is 15.9 Å². The van der Waals surface area contributed by atoms with E-state index >= 15 is 0 Å². The van der Waals surface area contributed by atoms with Crippen molar-refractivity contribution < 1.29 is 0 Å². The number of fused-ring (bicyclic) bond motifs is 1. The first kappa shape index (κ1) is 12.6. The highest BCUT2D eigenvalue weighted by molar-refractivity contribution is 9.10. The molecule has 2 aliphatic heterocycles. The molecule has 98 valence electrons. The molecule has 0 aromatic heterocycles. The molecular weight excluding hydrogens is 288 g/mol. The van der Waals surface area contributed by atoms with Gasteiger partial charge in [-0.2, -0.15) is 0 Å². The van der Waals surface area contributed by atoms with Gasteiger partial charge in [0.25, 0.3) is 0 Å². The van der Waals surface area contributed by atoms with Gasteiger partial charge in [0.1, 0.15) is 0 Å². The van der Waals surface area contributed by atoms with Crippen LogP contribution in [0, 0.1) is 18.8 Å². The first-order chi connectivity index (χ1) is 8.65. The number of hydrogen-bond acceptors (Lipinski definition) is 2. The maximum Gasteiger partial charge on any atom is 0.0237 e. The van der Waals surface area contributed by atoms with Gasteiger partial charge in [-0.05, 0) is 56.0 Å². The highest BCUT2D eigenvalue weighted by atomic mass is 79.9. The van der Waals surface area contributed by atoms with Crippen molar-refractivity contribution in [2.75, 3.05) is 19.6 Å². The third-order valence-electron chi connectivity index (χ3n) is 4.68. The van der Waals surface area contributed by atoms with Crippen molar-refractivity contribution in [3.05, 3.63) is 33.8 Å². The van der Waals surface area contributed by atoms with Crippen LogP contribution in [0.5, 0.6) is 0 Å². The lowest BCUT2D eigenvalue weighted by Gasteiger charge is -2.24. The van der Waals surface area contributed by atoms with Gasteiger partial charge in [-0.15, -0.1) is 0 Å². The van der Waals surface area contributed by atoms with E-state index in [0.29, 0.717) is 6.04 Å². The summed E-state index contributed by atoms with van der Waals surface area (Å²) in [6.45, 7) is 9.30. The molecule has 3 unspecified atom stereocenters. The minimum atomic E-state index is 0.713. The molecule has 0 radical (unpaired) electrons. The van der Waals surface area contributed by atoms with Crippen LogP contribution in [0.2, 0.25) is 0 Å². The molecule has 1 aromatic rings.